The minimum Gasteiger partial charge on any atom is -0.495 e. The molecule has 222 valence electrons. The van der Waals surface area contributed by atoms with Crippen LogP contribution in [0.1, 0.15) is 53.6 Å². The molecule has 2 unspecified atom stereocenters. The van der Waals surface area contributed by atoms with Crippen LogP contribution >= 0.6 is 11.6 Å². The molecule has 2 N–H and O–H groups in total. The molecule has 3 heterocycles. The molecular formula is C31H34ClN3O7. The van der Waals surface area contributed by atoms with Gasteiger partial charge in [-0.05, 0) is 67.3 Å². The Bertz CT molecular complexity index is 1400. The van der Waals surface area contributed by atoms with E-state index in [2.05, 4.69) is 10.5 Å². The second-order valence-corrected chi connectivity index (χ2v) is 10.7. The maximum absolute atomic E-state index is 13.8. The number of anilines is 1. The molecule has 3 aliphatic heterocycles. The number of carbonyl (C=O) groups is 2. The summed E-state index contributed by atoms with van der Waals surface area (Å²) >= 11 is 6.39. The third-order valence-corrected chi connectivity index (χ3v) is 7.79. The van der Waals surface area contributed by atoms with E-state index >= 15 is 0 Å². The van der Waals surface area contributed by atoms with E-state index in [1.807, 2.05) is 6.07 Å². The van der Waals surface area contributed by atoms with Crippen molar-refractivity contribution in [3.8, 4) is 0 Å². The topological polar surface area (TPSA) is 119 Å². The molecule has 0 saturated carbocycles. The third kappa shape index (κ3) is 6.61. The number of methoxy groups -OCH3 is 2. The van der Waals surface area contributed by atoms with E-state index < -0.39 is 18.2 Å². The Balaban J connectivity index is 1.45. The molecule has 1 amide bonds. The number of hydrogen-bond donors (Lipinski definition) is 2. The van der Waals surface area contributed by atoms with Gasteiger partial charge in [0.15, 0.2) is 0 Å². The summed E-state index contributed by atoms with van der Waals surface area (Å²) in [4.78, 5) is 32.4. The molecule has 42 heavy (non-hydrogen) atoms. The number of amides is 1. The molecule has 3 atom stereocenters. The van der Waals surface area contributed by atoms with Gasteiger partial charge in [0.05, 0.1) is 31.6 Å². The van der Waals surface area contributed by atoms with Crippen LogP contribution in [-0.2, 0) is 23.8 Å². The van der Waals surface area contributed by atoms with Crippen molar-refractivity contribution in [3.05, 3.63) is 82.2 Å². The van der Waals surface area contributed by atoms with Gasteiger partial charge < -0.3 is 34.4 Å². The summed E-state index contributed by atoms with van der Waals surface area (Å²) in [7, 11) is 2.85. The first-order valence-electron chi connectivity index (χ1n) is 13.9. The number of allylic oxidation sites excluding steroid dienone is 1. The highest BCUT2D eigenvalue weighted by Crippen LogP contribution is 2.36. The number of esters is 1. The number of carbonyl (C=O) groups excluding carboxylic acids is 2. The molecule has 0 bridgehead atoms. The fourth-order valence-corrected chi connectivity index (χ4v) is 5.56. The monoisotopic (exact) mass is 595 g/mol. The zero-order chi connectivity index (χ0) is 29.6. The van der Waals surface area contributed by atoms with Crippen molar-refractivity contribution in [1.29, 1.82) is 0 Å². The molecule has 3 aliphatic rings. The lowest BCUT2D eigenvalue weighted by Crippen LogP contribution is -2.49. The van der Waals surface area contributed by atoms with E-state index in [-0.39, 0.29) is 12.0 Å². The highest BCUT2D eigenvalue weighted by atomic mass is 35.5. The predicted molar refractivity (Wildman–Crippen MR) is 158 cm³/mol. The van der Waals surface area contributed by atoms with Gasteiger partial charge in [-0.3, -0.25) is 4.79 Å². The number of hydrogen-bond acceptors (Lipinski definition) is 9. The fourth-order valence-electron chi connectivity index (χ4n) is 5.38. The van der Waals surface area contributed by atoms with Crippen LogP contribution in [0.2, 0.25) is 5.02 Å². The first kappa shape index (κ1) is 29.6. The second kappa shape index (κ2) is 13.4. The van der Waals surface area contributed by atoms with Crippen LogP contribution in [0.3, 0.4) is 0 Å². The maximum atomic E-state index is 13.8. The Labute approximate surface area is 249 Å². The van der Waals surface area contributed by atoms with Crippen LogP contribution in [0.4, 0.5) is 5.69 Å². The van der Waals surface area contributed by atoms with Gasteiger partial charge >= 0.3 is 5.97 Å². The molecule has 0 radical (unpaired) electrons. The average molecular weight is 596 g/mol. The van der Waals surface area contributed by atoms with Crippen LogP contribution in [0.15, 0.2) is 65.7 Å². The largest absolute Gasteiger partial charge is 0.495 e. The van der Waals surface area contributed by atoms with E-state index in [1.54, 1.807) is 53.6 Å². The van der Waals surface area contributed by atoms with Gasteiger partial charge in [-0.1, -0.05) is 22.8 Å². The first-order chi connectivity index (χ1) is 20.4. The van der Waals surface area contributed by atoms with Crippen molar-refractivity contribution in [2.24, 2.45) is 5.16 Å². The fraction of sp³-hybridized carbons (Fsp3) is 0.387. The number of nitrogens with one attached hydrogen (secondary N) is 1. The van der Waals surface area contributed by atoms with Crippen molar-refractivity contribution < 1.29 is 33.7 Å². The third-order valence-electron chi connectivity index (χ3n) is 7.56. The number of aliphatic hydroxyl groups is 1. The van der Waals surface area contributed by atoms with E-state index in [4.69, 9.17) is 30.6 Å². The molecule has 2 aromatic carbocycles. The van der Waals surface area contributed by atoms with E-state index in [0.717, 1.165) is 36.1 Å². The second-order valence-electron chi connectivity index (χ2n) is 10.2. The lowest BCUT2D eigenvalue weighted by Gasteiger charge is -2.38. The lowest BCUT2D eigenvalue weighted by atomic mass is 9.92. The summed E-state index contributed by atoms with van der Waals surface area (Å²) in [6.07, 6.45) is 5.81. The number of oxime groups is 1. The highest BCUT2D eigenvalue weighted by molar-refractivity contribution is 6.31. The quantitative estimate of drug-likeness (QED) is 0.400. The molecule has 0 spiro atoms. The number of aliphatic hydroxyl groups excluding tert-OH is 1. The van der Waals surface area contributed by atoms with Gasteiger partial charge in [0.1, 0.15) is 24.6 Å². The van der Waals surface area contributed by atoms with Gasteiger partial charge in [0.2, 0.25) is 5.91 Å². The minimum atomic E-state index is -1.16. The molecule has 5 rings (SSSR count). The van der Waals surface area contributed by atoms with Crippen molar-refractivity contribution in [2.75, 3.05) is 32.8 Å². The number of benzene rings is 2. The Morgan fingerprint density at radius 3 is 2.62 bits per heavy atom. The summed E-state index contributed by atoms with van der Waals surface area (Å²) in [6, 6.07) is 11.1. The van der Waals surface area contributed by atoms with Crippen LogP contribution < -0.4 is 5.32 Å². The Morgan fingerprint density at radius 1 is 1.14 bits per heavy atom. The molecular weight excluding hydrogens is 562 g/mol. The highest BCUT2D eigenvalue weighted by Gasteiger charge is 2.35. The number of ether oxygens (including phenoxy) is 3. The smallest absolute Gasteiger partial charge is 0.337 e. The van der Waals surface area contributed by atoms with Gasteiger partial charge in [-0.2, -0.15) is 0 Å². The number of rotatable bonds is 9. The maximum Gasteiger partial charge on any atom is 0.337 e. The van der Waals surface area contributed by atoms with Crippen LogP contribution in [0.25, 0.3) is 5.57 Å². The Kier molecular flexibility index (Phi) is 9.46. The average Bonchev–Trinajstić information content (AvgIpc) is 3.55. The lowest BCUT2D eigenvalue weighted by molar-refractivity contribution is -0.125. The Morgan fingerprint density at radius 2 is 1.95 bits per heavy atom. The summed E-state index contributed by atoms with van der Waals surface area (Å²) in [5.41, 5.74) is 3.84. The van der Waals surface area contributed by atoms with E-state index in [1.165, 1.54) is 14.2 Å². The minimum absolute atomic E-state index is 0.145. The molecule has 1 saturated heterocycles. The number of halogens is 1. The molecule has 10 nitrogen and oxygen atoms in total. The van der Waals surface area contributed by atoms with Crippen molar-refractivity contribution in [1.82, 2.24) is 4.90 Å². The Hall–Kier alpha value is -3.86. The van der Waals surface area contributed by atoms with Gasteiger partial charge in [0, 0.05) is 47.5 Å². The standard InChI is InChI=1S/C31H34ClN3O7/c1-39-28-18-35(29(36)17-25(28)24-15-20(32)8-11-23(24)26-12-14-42-34-26)27(16-22-5-3-4-13-41-22)30(37)33-21-9-6-19(7-10-21)31(38)40-2/h6-11,15,17-18,22,27,29,36H,3-5,12-14,16H2,1-2H3,(H,33,37)/t22-,27?,29?/m1/s1. The van der Waals surface area contributed by atoms with E-state index in [0.29, 0.717) is 53.7 Å². The number of nitrogens with zero attached hydrogens (tertiary/aromatic N) is 2. The van der Waals surface area contributed by atoms with Gasteiger partial charge in [-0.15, -0.1) is 0 Å². The SMILES string of the molecule is COC(=O)c1ccc(NC(=O)C(C[C@H]2CCCCO2)N2C=C(OC)C(c3cc(Cl)ccc3C3=NOCC3)=CC2O)cc1. The molecule has 1 fully saturated rings. The zero-order valence-corrected chi connectivity index (χ0v) is 24.3. The van der Waals surface area contributed by atoms with Crippen molar-refractivity contribution >= 4 is 40.4 Å². The zero-order valence-electron chi connectivity index (χ0n) is 23.5. The summed E-state index contributed by atoms with van der Waals surface area (Å²) in [6.45, 7) is 1.12. The first-order valence-corrected chi connectivity index (χ1v) is 14.3. The van der Waals surface area contributed by atoms with Crippen LogP contribution in [0, 0.1) is 0 Å². The normalized spacial score (nSPS) is 21.0. The predicted octanol–water partition coefficient (Wildman–Crippen LogP) is 4.72. The van der Waals surface area contributed by atoms with Gasteiger partial charge in [-0.25, -0.2) is 4.79 Å². The molecule has 0 aliphatic carbocycles. The summed E-state index contributed by atoms with van der Waals surface area (Å²) in [5, 5.41) is 19.1. The van der Waals surface area contributed by atoms with Crippen molar-refractivity contribution in [2.45, 2.75) is 50.5 Å². The molecule has 0 aromatic heterocycles. The van der Waals surface area contributed by atoms with Gasteiger partial charge in [0.25, 0.3) is 0 Å². The summed E-state index contributed by atoms with van der Waals surface area (Å²) < 4.78 is 16.5. The molecule has 2 aromatic rings. The van der Waals surface area contributed by atoms with Crippen molar-refractivity contribution in [3.63, 3.8) is 0 Å². The molecule has 11 heteroatoms. The van der Waals surface area contributed by atoms with E-state index in [9.17, 15) is 14.7 Å². The van der Waals surface area contributed by atoms with Crippen LogP contribution in [0.5, 0.6) is 0 Å². The van der Waals surface area contributed by atoms with Crippen LogP contribution in [-0.4, -0.2) is 73.4 Å². The summed E-state index contributed by atoms with van der Waals surface area (Å²) in [5.74, 6) is -0.349.